The van der Waals surface area contributed by atoms with Gasteiger partial charge in [0.05, 0.1) is 18.2 Å². The number of hydrogen-bond acceptors (Lipinski definition) is 4. The van der Waals surface area contributed by atoms with E-state index in [1.165, 1.54) is 30.7 Å². The maximum absolute atomic E-state index is 11.7. The van der Waals surface area contributed by atoms with E-state index in [0.29, 0.717) is 0 Å². The summed E-state index contributed by atoms with van der Waals surface area (Å²) in [6.07, 6.45) is 2.65. The smallest absolute Gasteiger partial charge is 0.339 e. The first kappa shape index (κ1) is 11.6. The van der Waals surface area contributed by atoms with Crippen LogP contribution in [-0.2, 0) is 0 Å². The molecule has 0 radical (unpaired) electrons. The summed E-state index contributed by atoms with van der Waals surface area (Å²) in [6, 6.07) is 4.06. The maximum atomic E-state index is 11.7. The molecule has 0 aliphatic rings. The SMILES string of the molecule is O=C(Nc1cccc(C(=O)O)c1O)c1cnc[nH]1. The predicted molar refractivity (Wildman–Crippen MR) is 61.6 cm³/mol. The van der Waals surface area contributed by atoms with Gasteiger partial charge in [0, 0.05) is 0 Å². The largest absolute Gasteiger partial charge is 0.505 e. The minimum atomic E-state index is -1.27. The summed E-state index contributed by atoms with van der Waals surface area (Å²) in [5.74, 6) is -2.28. The quantitative estimate of drug-likeness (QED) is 0.605. The van der Waals surface area contributed by atoms with E-state index in [4.69, 9.17) is 5.11 Å². The highest BCUT2D eigenvalue weighted by atomic mass is 16.4. The Hall–Kier alpha value is -2.83. The zero-order chi connectivity index (χ0) is 13.1. The van der Waals surface area contributed by atoms with Crippen molar-refractivity contribution in [3.8, 4) is 5.75 Å². The number of nitrogens with one attached hydrogen (secondary N) is 2. The minimum Gasteiger partial charge on any atom is -0.505 e. The van der Waals surface area contributed by atoms with Crippen LogP contribution in [0.25, 0.3) is 0 Å². The fourth-order valence-electron chi connectivity index (χ4n) is 1.39. The number of nitrogens with zero attached hydrogens (tertiary/aromatic N) is 1. The van der Waals surface area contributed by atoms with Gasteiger partial charge in [0.15, 0.2) is 5.75 Å². The van der Waals surface area contributed by atoms with Gasteiger partial charge in [-0.25, -0.2) is 9.78 Å². The van der Waals surface area contributed by atoms with Crippen molar-refractivity contribution in [2.24, 2.45) is 0 Å². The molecule has 2 aromatic rings. The van der Waals surface area contributed by atoms with E-state index in [-0.39, 0.29) is 16.9 Å². The number of imidazole rings is 1. The molecule has 1 amide bonds. The molecule has 0 aliphatic carbocycles. The third-order valence-electron chi connectivity index (χ3n) is 2.26. The molecule has 4 N–H and O–H groups in total. The second-order valence-electron chi connectivity index (χ2n) is 3.43. The van der Waals surface area contributed by atoms with E-state index in [1.54, 1.807) is 0 Å². The lowest BCUT2D eigenvalue weighted by atomic mass is 10.1. The average molecular weight is 247 g/mol. The number of aromatic nitrogens is 2. The number of carboxylic acids is 1. The number of carboxylic acid groups (broad SMARTS) is 1. The van der Waals surface area contributed by atoms with E-state index in [2.05, 4.69) is 15.3 Å². The number of aromatic carboxylic acids is 1. The number of para-hydroxylation sites is 1. The van der Waals surface area contributed by atoms with Gasteiger partial charge in [-0.1, -0.05) is 6.07 Å². The molecule has 0 atom stereocenters. The first-order valence-electron chi connectivity index (χ1n) is 4.94. The number of phenols is 1. The molecule has 1 aromatic heterocycles. The second kappa shape index (κ2) is 4.58. The Morgan fingerprint density at radius 2 is 2.11 bits per heavy atom. The van der Waals surface area contributed by atoms with E-state index in [1.807, 2.05) is 0 Å². The Labute approximate surface area is 101 Å². The molecule has 0 aliphatic heterocycles. The van der Waals surface area contributed by atoms with Gasteiger partial charge in [0.2, 0.25) is 0 Å². The van der Waals surface area contributed by atoms with Crippen molar-refractivity contribution < 1.29 is 19.8 Å². The number of aromatic amines is 1. The zero-order valence-electron chi connectivity index (χ0n) is 9.04. The van der Waals surface area contributed by atoms with E-state index < -0.39 is 17.6 Å². The first-order chi connectivity index (χ1) is 8.59. The van der Waals surface area contributed by atoms with Crippen LogP contribution in [0.3, 0.4) is 0 Å². The van der Waals surface area contributed by atoms with Gasteiger partial charge < -0.3 is 20.5 Å². The highest BCUT2D eigenvalue weighted by molar-refractivity contribution is 6.05. The lowest BCUT2D eigenvalue weighted by molar-refractivity contribution is 0.0693. The summed E-state index contributed by atoms with van der Waals surface area (Å²) in [7, 11) is 0. The average Bonchev–Trinajstić information content (AvgIpc) is 2.85. The van der Waals surface area contributed by atoms with E-state index in [0.717, 1.165) is 0 Å². The molecule has 0 saturated carbocycles. The van der Waals surface area contributed by atoms with Crippen LogP contribution in [0.2, 0.25) is 0 Å². The Morgan fingerprint density at radius 1 is 1.33 bits per heavy atom. The number of carbonyl (C=O) groups is 2. The Balaban J connectivity index is 2.27. The van der Waals surface area contributed by atoms with Crippen molar-refractivity contribution in [1.82, 2.24) is 9.97 Å². The molecular formula is C11H9N3O4. The van der Waals surface area contributed by atoms with Gasteiger partial charge in [-0.2, -0.15) is 0 Å². The summed E-state index contributed by atoms with van der Waals surface area (Å²) in [6.45, 7) is 0. The van der Waals surface area contributed by atoms with Gasteiger partial charge in [0.25, 0.3) is 5.91 Å². The van der Waals surface area contributed by atoms with Crippen molar-refractivity contribution >= 4 is 17.6 Å². The van der Waals surface area contributed by atoms with Crippen LogP contribution in [-0.4, -0.2) is 32.1 Å². The summed E-state index contributed by atoms with van der Waals surface area (Å²) in [4.78, 5) is 28.7. The third kappa shape index (κ3) is 2.14. The summed E-state index contributed by atoms with van der Waals surface area (Å²) in [5.41, 5.74) is -0.0537. The summed E-state index contributed by atoms with van der Waals surface area (Å²) in [5, 5.41) is 20.9. The molecule has 0 fully saturated rings. The molecule has 0 unspecified atom stereocenters. The normalized spacial score (nSPS) is 10.0. The van der Waals surface area contributed by atoms with Crippen LogP contribution in [0.5, 0.6) is 5.75 Å². The molecule has 1 heterocycles. The monoisotopic (exact) mass is 247 g/mol. The van der Waals surface area contributed by atoms with Gasteiger partial charge in [0.1, 0.15) is 11.3 Å². The highest BCUT2D eigenvalue weighted by Crippen LogP contribution is 2.27. The first-order valence-corrected chi connectivity index (χ1v) is 4.94. The number of H-pyrrole nitrogens is 1. The molecule has 2 rings (SSSR count). The lowest BCUT2D eigenvalue weighted by Gasteiger charge is -2.07. The topological polar surface area (TPSA) is 115 Å². The van der Waals surface area contributed by atoms with Crippen LogP contribution in [0.4, 0.5) is 5.69 Å². The molecule has 92 valence electrons. The van der Waals surface area contributed by atoms with Crippen LogP contribution >= 0.6 is 0 Å². The second-order valence-corrected chi connectivity index (χ2v) is 3.43. The molecule has 0 spiro atoms. The van der Waals surface area contributed by atoms with Crippen LogP contribution < -0.4 is 5.32 Å². The Morgan fingerprint density at radius 3 is 2.72 bits per heavy atom. The van der Waals surface area contributed by atoms with Gasteiger partial charge in [-0.05, 0) is 12.1 Å². The molecule has 7 nitrogen and oxygen atoms in total. The number of rotatable bonds is 3. The lowest BCUT2D eigenvalue weighted by Crippen LogP contribution is -2.13. The molecule has 0 saturated heterocycles. The molecular weight excluding hydrogens is 238 g/mol. The number of benzene rings is 1. The van der Waals surface area contributed by atoms with E-state index >= 15 is 0 Å². The number of carbonyl (C=O) groups excluding carboxylic acids is 1. The third-order valence-corrected chi connectivity index (χ3v) is 2.26. The molecule has 7 heteroatoms. The predicted octanol–water partition coefficient (Wildman–Crippen LogP) is 1.07. The standard InChI is InChI=1S/C11H9N3O4/c15-9-6(11(17)18)2-1-3-7(9)14-10(16)8-4-12-5-13-8/h1-5,15H,(H,12,13)(H,14,16)(H,17,18). The van der Waals surface area contributed by atoms with Crippen molar-refractivity contribution in [2.45, 2.75) is 0 Å². The molecule has 18 heavy (non-hydrogen) atoms. The highest BCUT2D eigenvalue weighted by Gasteiger charge is 2.15. The molecule has 1 aromatic carbocycles. The van der Waals surface area contributed by atoms with Crippen molar-refractivity contribution in [1.29, 1.82) is 0 Å². The Kier molecular flexibility index (Phi) is 2.96. The summed E-state index contributed by atoms with van der Waals surface area (Å²) < 4.78 is 0. The van der Waals surface area contributed by atoms with Crippen molar-refractivity contribution in [3.05, 3.63) is 42.0 Å². The number of amides is 1. The fourth-order valence-corrected chi connectivity index (χ4v) is 1.39. The van der Waals surface area contributed by atoms with Gasteiger partial charge in [-0.3, -0.25) is 4.79 Å². The number of aromatic hydroxyl groups is 1. The maximum Gasteiger partial charge on any atom is 0.339 e. The Bertz CT molecular complexity index is 592. The van der Waals surface area contributed by atoms with Crippen LogP contribution in [0.1, 0.15) is 20.8 Å². The van der Waals surface area contributed by atoms with Gasteiger partial charge >= 0.3 is 5.97 Å². The summed E-state index contributed by atoms with van der Waals surface area (Å²) >= 11 is 0. The van der Waals surface area contributed by atoms with Crippen LogP contribution in [0.15, 0.2) is 30.7 Å². The fraction of sp³-hybridized carbons (Fsp3) is 0. The zero-order valence-corrected chi connectivity index (χ0v) is 9.04. The molecule has 0 bridgehead atoms. The number of anilines is 1. The minimum absolute atomic E-state index is 0.0227. The van der Waals surface area contributed by atoms with Gasteiger partial charge in [-0.15, -0.1) is 0 Å². The van der Waals surface area contributed by atoms with Crippen molar-refractivity contribution in [2.75, 3.05) is 5.32 Å². The van der Waals surface area contributed by atoms with Crippen LogP contribution in [0, 0.1) is 0 Å². The number of hydrogen-bond donors (Lipinski definition) is 4. The van der Waals surface area contributed by atoms with E-state index in [9.17, 15) is 14.7 Å². The van der Waals surface area contributed by atoms with Crippen molar-refractivity contribution in [3.63, 3.8) is 0 Å².